The summed E-state index contributed by atoms with van der Waals surface area (Å²) in [6, 6.07) is 17.0. The molecule has 0 bridgehead atoms. The van der Waals surface area contributed by atoms with E-state index < -0.39 is 5.38 Å². The van der Waals surface area contributed by atoms with Crippen LogP contribution in [0.1, 0.15) is 6.92 Å². The van der Waals surface area contributed by atoms with Gasteiger partial charge in [0.15, 0.2) is 0 Å². The van der Waals surface area contributed by atoms with Crippen molar-refractivity contribution in [2.45, 2.75) is 12.3 Å². The van der Waals surface area contributed by atoms with E-state index in [9.17, 15) is 13.6 Å². The Morgan fingerprint density at radius 3 is 1.83 bits per heavy atom. The first-order valence-electron chi connectivity index (χ1n) is 9.19. The molecule has 0 unspecified atom stereocenters. The first kappa shape index (κ1) is 19.9. The summed E-state index contributed by atoms with van der Waals surface area (Å²) in [7, 11) is 0. The van der Waals surface area contributed by atoms with Crippen molar-refractivity contribution in [2.75, 3.05) is 5.32 Å². The molecule has 30 heavy (non-hydrogen) atoms. The number of nitrogens with one attached hydrogen (secondary N) is 1. The topological polar surface area (TPSA) is 54.9 Å². The molecule has 0 aliphatic carbocycles. The maximum Gasteiger partial charge on any atom is 0.242 e. The molecule has 4 nitrogen and oxygen atoms in total. The van der Waals surface area contributed by atoms with Crippen molar-refractivity contribution in [3.05, 3.63) is 78.4 Å². The van der Waals surface area contributed by atoms with Crippen LogP contribution in [0.5, 0.6) is 0 Å². The highest BCUT2D eigenvalue weighted by Gasteiger charge is 2.15. The molecular formula is C23H16ClF2N3O. The molecule has 1 N–H and O–H groups in total. The number of fused-ring (bicyclic) bond motifs is 1. The van der Waals surface area contributed by atoms with Crippen molar-refractivity contribution < 1.29 is 13.6 Å². The van der Waals surface area contributed by atoms with E-state index in [1.807, 2.05) is 0 Å². The van der Waals surface area contributed by atoms with Gasteiger partial charge in [-0.05, 0) is 73.7 Å². The molecule has 0 saturated heterocycles. The van der Waals surface area contributed by atoms with Crippen LogP contribution in [-0.2, 0) is 4.79 Å². The summed E-state index contributed by atoms with van der Waals surface area (Å²) < 4.78 is 26.8. The van der Waals surface area contributed by atoms with Gasteiger partial charge in [-0.2, -0.15) is 0 Å². The third kappa shape index (κ3) is 4.14. The lowest BCUT2D eigenvalue weighted by molar-refractivity contribution is -0.115. The summed E-state index contributed by atoms with van der Waals surface area (Å²) in [6.45, 7) is 1.58. The zero-order chi connectivity index (χ0) is 21.3. The first-order valence-corrected chi connectivity index (χ1v) is 9.63. The number of anilines is 1. The van der Waals surface area contributed by atoms with Crippen LogP contribution in [0.2, 0.25) is 0 Å². The number of alkyl halides is 1. The Kier molecular flexibility index (Phi) is 5.42. The number of hydrogen-bond acceptors (Lipinski definition) is 3. The lowest BCUT2D eigenvalue weighted by atomic mass is 10.0. The molecule has 1 amide bonds. The van der Waals surface area contributed by atoms with Crippen LogP contribution in [0, 0.1) is 11.6 Å². The third-order valence-electron chi connectivity index (χ3n) is 4.53. The van der Waals surface area contributed by atoms with Crippen LogP contribution in [-0.4, -0.2) is 21.3 Å². The van der Waals surface area contributed by atoms with Gasteiger partial charge in [-0.1, -0.05) is 0 Å². The van der Waals surface area contributed by atoms with Crippen LogP contribution < -0.4 is 5.32 Å². The van der Waals surface area contributed by atoms with E-state index in [1.165, 1.54) is 24.3 Å². The fourth-order valence-electron chi connectivity index (χ4n) is 2.99. The quantitative estimate of drug-likeness (QED) is 0.421. The number of halogens is 3. The van der Waals surface area contributed by atoms with Crippen LogP contribution in [0.3, 0.4) is 0 Å². The van der Waals surface area contributed by atoms with E-state index in [0.29, 0.717) is 39.2 Å². The second kappa shape index (κ2) is 8.16. The largest absolute Gasteiger partial charge is 0.325 e. The molecule has 3 aromatic carbocycles. The molecule has 7 heteroatoms. The minimum Gasteiger partial charge on any atom is -0.325 e. The first-order chi connectivity index (χ1) is 14.4. The van der Waals surface area contributed by atoms with Crippen molar-refractivity contribution in [3.8, 4) is 22.5 Å². The summed E-state index contributed by atoms with van der Waals surface area (Å²) in [6.07, 6.45) is 0. The Morgan fingerprint density at radius 2 is 1.33 bits per heavy atom. The molecule has 0 aliphatic heterocycles. The van der Waals surface area contributed by atoms with Gasteiger partial charge in [-0.15, -0.1) is 11.6 Å². The maximum atomic E-state index is 13.4. The minimum atomic E-state index is -0.678. The van der Waals surface area contributed by atoms with Crippen molar-refractivity contribution in [3.63, 3.8) is 0 Å². The second-order valence-electron chi connectivity index (χ2n) is 6.74. The summed E-state index contributed by atoms with van der Waals surface area (Å²) in [5.74, 6) is -1.05. The smallest absolute Gasteiger partial charge is 0.242 e. The Morgan fingerprint density at radius 1 is 0.833 bits per heavy atom. The van der Waals surface area contributed by atoms with E-state index >= 15 is 0 Å². The number of rotatable bonds is 4. The van der Waals surface area contributed by atoms with Gasteiger partial charge in [-0.25, -0.2) is 18.7 Å². The number of aromatic nitrogens is 2. The lowest BCUT2D eigenvalue weighted by Crippen LogP contribution is -2.20. The standard InChI is InChI=1S/C23H16ClF2N3O/c1-13(24)23(30)27-18-10-11-19-20(12-18)29-22(15-4-8-17(26)9-5-15)21(28-19)14-2-6-16(25)7-3-14/h2-13H,1H3,(H,27,30)/t13-/m0/s1. The summed E-state index contributed by atoms with van der Waals surface area (Å²) >= 11 is 5.82. The van der Waals surface area contributed by atoms with Gasteiger partial charge < -0.3 is 5.32 Å². The molecular weight excluding hydrogens is 408 g/mol. The Labute approximate surface area is 176 Å². The molecule has 150 valence electrons. The maximum absolute atomic E-state index is 13.4. The Bertz CT molecular complexity index is 1230. The molecule has 1 atom stereocenters. The van der Waals surface area contributed by atoms with Gasteiger partial charge in [0.05, 0.1) is 22.4 Å². The van der Waals surface area contributed by atoms with Gasteiger partial charge in [0.1, 0.15) is 17.0 Å². The lowest BCUT2D eigenvalue weighted by Gasteiger charge is -2.12. The predicted molar refractivity (Wildman–Crippen MR) is 114 cm³/mol. The zero-order valence-electron chi connectivity index (χ0n) is 15.9. The average molecular weight is 424 g/mol. The zero-order valence-corrected chi connectivity index (χ0v) is 16.6. The Hall–Kier alpha value is -3.38. The van der Waals surface area contributed by atoms with E-state index in [4.69, 9.17) is 21.6 Å². The SMILES string of the molecule is C[C@H](Cl)C(=O)Nc1ccc2nc(-c3ccc(F)cc3)c(-c3ccc(F)cc3)nc2c1. The van der Waals surface area contributed by atoms with E-state index in [0.717, 1.165) is 0 Å². The number of nitrogens with zero attached hydrogens (tertiary/aromatic N) is 2. The normalized spacial score (nSPS) is 12.0. The number of carbonyl (C=O) groups excluding carboxylic acids is 1. The van der Waals surface area contributed by atoms with Crippen LogP contribution >= 0.6 is 11.6 Å². The van der Waals surface area contributed by atoms with Crippen LogP contribution in [0.25, 0.3) is 33.5 Å². The van der Waals surface area contributed by atoms with Gasteiger partial charge in [0, 0.05) is 16.8 Å². The molecule has 4 rings (SSSR count). The van der Waals surface area contributed by atoms with Gasteiger partial charge in [-0.3, -0.25) is 4.79 Å². The van der Waals surface area contributed by atoms with Gasteiger partial charge in [0.2, 0.25) is 5.91 Å². The summed E-state index contributed by atoms with van der Waals surface area (Å²) in [4.78, 5) is 21.3. The van der Waals surface area contributed by atoms with E-state index in [2.05, 4.69) is 5.32 Å². The average Bonchev–Trinajstić information content (AvgIpc) is 2.74. The fourth-order valence-corrected chi connectivity index (χ4v) is 3.05. The summed E-state index contributed by atoms with van der Waals surface area (Å²) in [5.41, 5.74) is 4.07. The number of carbonyl (C=O) groups is 1. The van der Waals surface area contributed by atoms with Crippen LogP contribution in [0.15, 0.2) is 66.7 Å². The van der Waals surface area contributed by atoms with E-state index in [1.54, 1.807) is 49.4 Å². The third-order valence-corrected chi connectivity index (χ3v) is 4.73. The number of amides is 1. The second-order valence-corrected chi connectivity index (χ2v) is 7.40. The highest BCUT2D eigenvalue weighted by atomic mass is 35.5. The van der Waals surface area contributed by atoms with Crippen molar-refractivity contribution in [1.82, 2.24) is 9.97 Å². The molecule has 0 fully saturated rings. The molecule has 4 aromatic rings. The minimum absolute atomic E-state index is 0.328. The van der Waals surface area contributed by atoms with Crippen LogP contribution in [0.4, 0.5) is 14.5 Å². The van der Waals surface area contributed by atoms with Gasteiger partial charge >= 0.3 is 0 Å². The molecule has 0 spiro atoms. The highest BCUT2D eigenvalue weighted by Crippen LogP contribution is 2.32. The highest BCUT2D eigenvalue weighted by molar-refractivity contribution is 6.32. The molecule has 1 aromatic heterocycles. The number of hydrogen-bond donors (Lipinski definition) is 1. The predicted octanol–water partition coefficient (Wildman–Crippen LogP) is 5.81. The summed E-state index contributed by atoms with van der Waals surface area (Å²) in [5, 5.41) is 2.04. The molecule has 0 aliphatic rings. The van der Waals surface area contributed by atoms with Crippen molar-refractivity contribution in [1.29, 1.82) is 0 Å². The molecule has 0 radical (unpaired) electrons. The fraction of sp³-hybridized carbons (Fsp3) is 0.0870. The monoisotopic (exact) mass is 423 g/mol. The number of benzene rings is 3. The molecule has 0 saturated carbocycles. The molecule has 1 heterocycles. The van der Waals surface area contributed by atoms with Gasteiger partial charge in [0.25, 0.3) is 0 Å². The van der Waals surface area contributed by atoms with Crippen molar-refractivity contribution in [2.24, 2.45) is 0 Å². The van der Waals surface area contributed by atoms with Crippen molar-refractivity contribution >= 4 is 34.2 Å². The van der Waals surface area contributed by atoms with E-state index in [-0.39, 0.29) is 17.5 Å². The Balaban J connectivity index is 1.88.